The maximum Gasteiger partial charge on any atom is 0.0546 e. The summed E-state index contributed by atoms with van der Waals surface area (Å²) in [7, 11) is 0. The Balaban J connectivity index is -0.000000102. The topological polar surface area (TPSA) is 55.4 Å². The molecule has 6 heteroatoms. The Morgan fingerprint density at radius 1 is 0.311 bits per heavy atom. The molecule has 0 N–H and O–H groups in total. The standard InChI is InChI=1S/C8H18O.2C7H16O.2C6H14O.C5H12O/c1-4-6-8(3)9-7-5-2;1-4-6-7(3)8-5-2;1-4-6-8-7(3)5-2;1-4-5-7-6(2)3;1-4-6(3)7-5-2;1-4-6-5(2)3/h8H,4-7H2,1-3H3;2*7H,4-6H2,1-3H3;2*6H,4-5H2,1-3H3;5H,4H2,1-3H3. The zero-order valence-electron chi connectivity index (χ0n) is 34.5. The molecule has 4 atom stereocenters. The Hall–Kier alpha value is -0.240. The third kappa shape index (κ3) is 80.7. The van der Waals surface area contributed by atoms with Crippen molar-refractivity contribution in [3.8, 4) is 0 Å². The number of ether oxygens (including phenoxy) is 6. The van der Waals surface area contributed by atoms with Crippen LogP contribution in [0.5, 0.6) is 0 Å². The Kier molecular flexibility index (Phi) is 67.5. The minimum atomic E-state index is 0.398. The molecular weight excluding hydrogens is 564 g/mol. The molecule has 6 nitrogen and oxygen atoms in total. The highest BCUT2D eigenvalue weighted by Crippen LogP contribution is 2.01. The fourth-order valence-corrected chi connectivity index (χ4v) is 3.11. The van der Waals surface area contributed by atoms with Crippen LogP contribution >= 0.6 is 0 Å². The van der Waals surface area contributed by atoms with E-state index in [9.17, 15) is 0 Å². The first-order chi connectivity index (χ1) is 21.3. The first kappa shape index (κ1) is 57.1. The van der Waals surface area contributed by atoms with Crippen LogP contribution in [0.15, 0.2) is 0 Å². The number of rotatable bonds is 21. The van der Waals surface area contributed by atoms with Crippen LogP contribution in [0.2, 0.25) is 0 Å². The van der Waals surface area contributed by atoms with Gasteiger partial charge in [0.15, 0.2) is 0 Å². The van der Waals surface area contributed by atoms with Crippen LogP contribution in [0, 0.1) is 0 Å². The second kappa shape index (κ2) is 53.3. The molecule has 0 heterocycles. The predicted molar refractivity (Wildman–Crippen MR) is 202 cm³/mol. The van der Waals surface area contributed by atoms with Crippen molar-refractivity contribution in [1.29, 1.82) is 0 Å². The molecule has 0 aromatic rings. The molecular formula is C39H90O6. The second-order valence-electron chi connectivity index (χ2n) is 11.7. The maximum atomic E-state index is 5.43. The van der Waals surface area contributed by atoms with Crippen molar-refractivity contribution in [3.63, 3.8) is 0 Å². The van der Waals surface area contributed by atoms with Gasteiger partial charge in [-0.25, -0.2) is 0 Å². The van der Waals surface area contributed by atoms with E-state index in [1.807, 2.05) is 34.6 Å². The predicted octanol–water partition coefficient (Wildman–Crippen LogP) is 12.1. The Labute approximate surface area is 286 Å². The molecule has 0 aliphatic rings. The van der Waals surface area contributed by atoms with Gasteiger partial charge in [0.1, 0.15) is 0 Å². The molecule has 282 valence electrons. The molecule has 0 rings (SSSR count). The Morgan fingerprint density at radius 3 is 0.822 bits per heavy atom. The molecule has 0 saturated carbocycles. The lowest BCUT2D eigenvalue weighted by Crippen LogP contribution is -2.07. The fraction of sp³-hybridized carbons (Fsp3) is 1.00. The number of hydrogen-bond acceptors (Lipinski definition) is 6. The van der Waals surface area contributed by atoms with E-state index < -0.39 is 0 Å². The smallest absolute Gasteiger partial charge is 0.0546 e. The second-order valence-corrected chi connectivity index (χ2v) is 11.7. The van der Waals surface area contributed by atoms with Crippen LogP contribution in [-0.2, 0) is 28.4 Å². The highest BCUT2D eigenvalue weighted by molar-refractivity contribution is 4.47. The molecule has 45 heavy (non-hydrogen) atoms. The van der Waals surface area contributed by atoms with Crippen molar-refractivity contribution >= 4 is 0 Å². The molecule has 0 fully saturated rings. The van der Waals surface area contributed by atoms with Gasteiger partial charge in [-0.3, -0.25) is 0 Å². The summed E-state index contributed by atoms with van der Waals surface area (Å²) in [6.07, 6.45) is 13.1. The van der Waals surface area contributed by atoms with Crippen LogP contribution in [0.3, 0.4) is 0 Å². The van der Waals surface area contributed by atoms with Crippen LogP contribution < -0.4 is 0 Å². The molecule has 0 spiro atoms. The summed E-state index contributed by atoms with van der Waals surface area (Å²) < 4.78 is 31.5. The molecule has 0 bridgehead atoms. The molecule has 0 radical (unpaired) electrons. The van der Waals surface area contributed by atoms with Gasteiger partial charge >= 0.3 is 0 Å². The lowest BCUT2D eigenvalue weighted by molar-refractivity contribution is 0.0603. The van der Waals surface area contributed by atoms with Crippen molar-refractivity contribution in [2.45, 2.75) is 219 Å². The van der Waals surface area contributed by atoms with Crippen LogP contribution in [0.4, 0.5) is 0 Å². The van der Waals surface area contributed by atoms with Crippen LogP contribution in [-0.4, -0.2) is 76.3 Å². The van der Waals surface area contributed by atoms with Gasteiger partial charge < -0.3 is 28.4 Å². The van der Waals surface area contributed by atoms with E-state index in [1.54, 1.807) is 0 Å². The van der Waals surface area contributed by atoms with Gasteiger partial charge in [-0.1, -0.05) is 61.3 Å². The molecule has 0 saturated heterocycles. The van der Waals surface area contributed by atoms with Gasteiger partial charge in [-0.05, 0) is 121 Å². The summed E-state index contributed by atoms with van der Waals surface area (Å²) in [5, 5.41) is 0. The van der Waals surface area contributed by atoms with E-state index in [1.165, 1.54) is 25.7 Å². The van der Waals surface area contributed by atoms with Gasteiger partial charge in [0, 0.05) is 39.6 Å². The number of hydrogen-bond donors (Lipinski definition) is 0. The zero-order chi connectivity index (χ0) is 36.3. The van der Waals surface area contributed by atoms with Crippen molar-refractivity contribution in [3.05, 3.63) is 0 Å². The van der Waals surface area contributed by atoms with E-state index in [4.69, 9.17) is 28.4 Å². The fourth-order valence-electron chi connectivity index (χ4n) is 3.11. The quantitative estimate of drug-likeness (QED) is 0.123. The van der Waals surface area contributed by atoms with Crippen LogP contribution in [0.25, 0.3) is 0 Å². The van der Waals surface area contributed by atoms with E-state index in [-0.39, 0.29) is 0 Å². The summed E-state index contributed by atoms with van der Waals surface area (Å²) in [5.74, 6) is 0. The van der Waals surface area contributed by atoms with Gasteiger partial charge in [-0.2, -0.15) is 0 Å². The molecule has 0 aromatic heterocycles. The Bertz CT molecular complexity index is 428. The normalized spacial score (nSPS) is 12.8. The minimum absolute atomic E-state index is 0.398. The molecule has 0 amide bonds. The average molecular weight is 655 g/mol. The molecule has 4 unspecified atom stereocenters. The monoisotopic (exact) mass is 655 g/mol. The molecule has 0 aromatic carbocycles. The SMILES string of the molecule is CCCC(C)OCC.CCCOC(C)C.CCCOC(C)CC.CCCOC(C)CCC.CCOC(C)C.CCOC(C)CC. The third-order valence-electron chi connectivity index (χ3n) is 5.81. The summed E-state index contributed by atoms with van der Waals surface area (Å²) in [4.78, 5) is 0. The zero-order valence-corrected chi connectivity index (χ0v) is 34.5. The largest absolute Gasteiger partial charge is 0.379 e. The summed E-state index contributed by atoms with van der Waals surface area (Å²) >= 11 is 0. The highest BCUT2D eigenvalue weighted by Gasteiger charge is 1.97. The maximum absolute atomic E-state index is 5.43. The highest BCUT2D eigenvalue weighted by atomic mass is 16.5. The molecule has 0 aliphatic heterocycles. The summed E-state index contributed by atoms with van der Waals surface area (Å²) in [6.45, 7) is 42.9. The lowest BCUT2D eigenvalue weighted by Gasteiger charge is -2.09. The van der Waals surface area contributed by atoms with Gasteiger partial charge in [0.2, 0.25) is 0 Å². The lowest BCUT2D eigenvalue weighted by atomic mass is 10.2. The van der Waals surface area contributed by atoms with Crippen molar-refractivity contribution in [2.75, 3.05) is 39.6 Å². The molecule has 0 aliphatic carbocycles. The van der Waals surface area contributed by atoms with Gasteiger partial charge in [0.05, 0.1) is 36.6 Å². The minimum Gasteiger partial charge on any atom is -0.379 e. The van der Waals surface area contributed by atoms with E-state index in [0.29, 0.717) is 36.6 Å². The summed E-state index contributed by atoms with van der Waals surface area (Å²) in [5.41, 5.74) is 0. The summed E-state index contributed by atoms with van der Waals surface area (Å²) in [6, 6.07) is 0. The Morgan fingerprint density at radius 2 is 0.600 bits per heavy atom. The van der Waals surface area contributed by atoms with E-state index in [0.717, 1.165) is 71.7 Å². The van der Waals surface area contributed by atoms with Gasteiger partial charge in [-0.15, -0.1) is 0 Å². The third-order valence-corrected chi connectivity index (χ3v) is 5.81. The average Bonchev–Trinajstić information content (AvgIpc) is 2.99. The van der Waals surface area contributed by atoms with Crippen molar-refractivity contribution < 1.29 is 28.4 Å². The first-order valence-electron chi connectivity index (χ1n) is 19.0. The van der Waals surface area contributed by atoms with Crippen molar-refractivity contribution in [1.82, 2.24) is 0 Å². The van der Waals surface area contributed by atoms with Crippen LogP contribution in [0.1, 0.15) is 182 Å². The first-order valence-corrected chi connectivity index (χ1v) is 19.0. The van der Waals surface area contributed by atoms with Gasteiger partial charge in [0.25, 0.3) is 0 Å². The van der Waals surface area contributed by atoms with E-state index in [2.05, 4.69) is 90.0 Å². The van der Waals surface area contributed by atoms with Crippen molar-refractivity contribution in [2.24, 2.45) is 0 Å². The van der Waals surface area contributed by atoms with E-state index >= 15 is 0 Å².